The summed E-state index contributed by atoms with van der Waals surface area (Å²) in [6.07, 6.45) is 1.42. The molecule has 0 bridgehead atoms. The summed E-state index contributed by atoms with van der Waals surface area (Å²) < 4.78 is 23.6. The Bertz CT molecular complexity index is 555. The maximum atomic E-state index is 11.8. The molecule has 1 aromatic rings. The summed E-state index contributed by atoms with van der Waals surface area (Å²) in [5, 5.41) is 1.16. The zero-order valence-electron chi connectivity index (χ0n) is 10.3. The summed E-state index contributed by atoms with van der Waals surface area (Å²) in [4.78, 5) is 0.297. The highest BCUT2D eigenvalue weighted by atomic mass is 32.2. The molecule has 1 aromatic carbocycles. The molecule has 0 fully saturated rings. The van der Waals surface area contributed by atoms with Crippen molar-refractivity contribution in [2.24, 2.45) is 0 Å². The van der Waals surface area contributed by atoms with Crippen LogP contribution >= 0.6 is 0 Å². The standard InChI is InChI=1S/C13H16O2SSi/c1-17(2,3)12-8-7-11-16(14,15)13-9-5-4-6-10-13/h4-7,9-11H,1-3H3/b11-7+. The minimum atomic E-state index is -3.35. The molecular weight excluding hydrogens is 248 g/mol. The second-order valence-corrected chi connectivity index (χ2v) is 11.3. The molecule has 0 atom stereocenters. The van der Waals surface area contributed by atoms with Gasteiger partial charge in [-0.2, -0.15) is 0 Å². The zero-order valence-corrected chi connectivity index (χ0v) is 12.1. The molecule has 0 amide bonds. The van der Waals surface area contributed by atoms with Gasteiger partial charge >= 0.3 is 0 Å². The third-order valence-corrected chi connectivity index (χ3v) is 4.17. The highest BCUT2D eigenvalue weighted by molar-refractivity contribution is 7.94. The molecule has 0 spiro atoms. The van der Waals surface area contributed by atoms with E-state index < -0.39 is 17.9 Å². The van der Waals surface area contributed by atoms with Crippen LogP contribution in [0.25, 0.3) is 0 Å². The topological polar surface area (TPSA) is 34.1 Å². The summed E-state index contributed by atoms with van der Waals surface area (Å²) in [7, 11) is -4.79. The summed E-state index contributed by atoms with van der Waals surface area (Å²) in [5.74, 6) is 2.80. The van der Waals surface area contributed by atoms with Crippen molar-refractivity contribution in [1.29, 1.82) is 0 Å². The lowest BCUT2D eigenvalue weighted by atomic mass is 10.4. The van der Waals surface area contributed by atoms with E-state index >= 15 is 0 Å². The van der Waals surface area contributed by atoms with Gasteiger partial charge in [-0.05, 0) is 18.2 Å². The molecule has 0 saturated heterocycles. The number of hydrogen-bond acceptors (Lipinski definition) is 2. The third kappa shape index (κ3) is 5.03. The van der Waals surface area contributed by atoms with Gasteiger partial charge in [0.2, 0.25) is 0 Å². The lowest BCUT2D eigenvalue weighted by Crippen LogP contribution is -2.16. The zero-order chi connectivity index (χ0) is 12.9. The van der Waals surface area contributed by atoms with Gasteiger partial charge in [-0.15, -0.1) is 5.54 Å². The molecule has 0 saturated carbocycles. The van der Waals surface area contributed by atoms with Crippen LogP contribution < -0.4 is 0 Å². The van der Waals surface area contributed by atoms with E-state index in [1.54, 1.807) is 30.3 Å². The Morgan fingerprint density at radius 3 is 2.24 bits per heavy atom. The molecule has 0 aromatic heterocycles. The Balaban J connectivity index is 2.88. The van der Waals surface area contributed by atoms with Crippen LogP contribution in [0.5, 0.6) is 0 Å². The molecule has 0 heterocycles. The van der Waals surface area contributed by atoms with E-state index in [9.17, 15) is 8.42 Å². The van der Waals surface area contributed by atoms with E-state index in [-0.39, 0.29) is 0 Å². The van der Waals surface area contributed by atoms with Gasteiger partial charge in [-0.1, -0.05) is 43.8 Å². The molecule has 0 unspecified atom stereocenters. The van der Waals surface area contributed by atoms with Gasteiger partial charge in [-0.3, -0.25) is 0 Å². The quantitative estimate of drug-likeness (QED) is 0.608. The monoisotopic (exact) mass is 264 g/mol. The average molecular weight is 264 g/mol. The van der Waals surface area contributed by atoms with Crippen molar-refractivity contribution in [2.75, 3.05) is 0 Å². The van der Waals surface area contributed by atoms with E-state index in [2.05, 4.69) is 31.1 Å². The van der Waals surface area contributed by atoms with Crippen LogP contribution in [0.1, 0.15) is 0 Å². The first-order chi connectivity index (χ1) is 7.81. The average Bonchev–Trinajstić information content (AvgIpc) is 2.25. The van der Waals surface area contributed by atoms with E-state index in [4.69, 9.17) is 0 Å². The van der Waals surface area contributed by atoms with Crippen LogP contribution in [0, 0.1) is 11.5 Å². The van der Waals surface area contributed by atoms with Gasteiger partial charge in [0.1, 0.15) is 8.07 Å². The molecule has 0 aliphatic rings. The summed E-state index contributed by atoms with van der Waals surface area (Å²) in [5.41, 5.74) is 3.08. The highest BCUT2D eigenvalue weighted by Crippen LogP contribution is 2.10. The second-order valence-electron chi connectivity index (χ2n) is 4.68. The first kappa shape index (κ1) is 13.8. The molecule has 0 N–H and O–H groups in total. The van der Waals surface area contributed by atoms with Crippen molar-refractivity contribution in [1.82, 2.24) is 0 Å². The van der Waals surface area contributed by atoms with Gasteiger partial charge in [-0.25, -0.2) is 8.42 Å². The number of sulfone groups is 1. The lowest BCUT2D eigenvalue weighted by molar-refractivity contribution is 0.604. The molecule has 17 heavy (non-hydrogen) atoms. The van der Waals surface area contributed by atoms with Crippen LogP contribution in [-0.2, 0) is 9.84 Å². The maximum absolute atomic E-state index is 11.8. The fraction of sp³-hybridized carbons (Fsp3) is 0.231. The predicted octanol–water partition coefficient (Wildman–Crippen LogP) is 2.85. The predicted molar refractivity (Wildman–Crippen MR) is 73.9 cm³/mol. The molecule has 90 valence electrons. The van der Waals surface area contributed by atoms with Gasteiger partial charge in [0.25, 0.3) is 0 Å². The van der Waals surface area contributed by atoms with Crippen LogP contribution in [0.2, 0.25) is 19.6 Å². The van der Waals surface area contributed by atoms with Crippen molar-refractivity contribution in [3.63, 3.8) is 0 Å². The summed E-state index contributed by atoms with van der Waals surface area (Å²) in [6, 6.07) is 8.34. The van der Waals surface area contributed by atoms with E-state index in [0.29, 0.717) is 4.90 Å². The van der Waals surface area contributed by atoms with Gasteiger partial charge in [0.15, 0.2) is 9.84 Å². The van der Waals surface area contributed by atoms with Crippen LogP contribution in [0.4, 0.5) is 0 Å². The SMILES string of the molecule is C[Si](C)(C)C#C/C=C/S(=O)(=O)c1ccccc1. The smallest absolute Gasteiger partial charge is 0.200 e. The van der Waals surface area contributed by atoms with Crippen molar-refractivity contribution in [3.05, 3.63) is 41.8 Å². The molecule has 0 aliphatic carbocycles. The maximum Gasteiger partial charge on any atom is 0.200 e. The fourth-order valence-electron chi connectivity index (χ4n) is 1.07. The van der Waals surface area contributed by atoms with Crippen molar-refractivity contribution in [2.45, 2.75) is 24.5 Å². The number of allylic oxidation sites excluding steroid dienone is 1. The Morgan fingerprint density at radius 1 is 1.12 bits per heavy atom. The van der Waals surface area contributed by atoms with E-state index in [0.717, 1.165) is 5.41 Å². The van der Waals surface area contributed by atoms with E-state index in [1.807, 2.05) is 0 Å². The van der Waals surface area contributed by atoms with Gasteiger partial charge < -0.3 is 0 Å². The Kier molecular flexibility index (Phi) is 4.32. The lowest BCUT2D eigenvalue weighted by Gasteiger charge is -2.02. The first-order valence-corrected chi connectivity index (χ1v) is 10.4. The van der Waals surface area contributed by atoms with E-state index in [1.165, 1.54) is 6.08 Å². The highest BCUT2D eigenvalue weighted by Gasteiger charge is 2.09. The number of benzene rings is 1. The molecule has 1 rings (SSSR count). The number of rotatable bonds is 2. The van der Waals surface area contributed by atoms with Crippen LogP contribution in [-0.4, -0.2) is 16.5 Å². The molecule has 4 heteroatoms. The second kappa shape index (κ2) is 5.35. The van der Waals surface area contributed by atoms with Gasteiger partial charge in [0.05, 0.1) is 4.90 Å². The van der Waals surface area contributed by atoms with Crippen molar-refractivity contribution in [3.8, 4) is 11.5 Å². The molecular formula is C13H16O2SSi. The first-order valence-electron chi connectivity index (χ1n) is 5.31. The Hall–Kier alpha value is -1.31. The Morgan fingerprint density at radius 2 is 1.71 bits per heavy atom. The van der Waals surface area contributed by atoms with Crippen LogP contribution in [0.15, 0.2) is 46.7 Å². The fourth-order valence-corrected chi connectivity index (χ4v) is 2.53. The molecule has 0 aliphatic heterocycles. The normalized spacial score (nSPS) is 12.2. The number of hydrogen-bond donors (Lipinski definition) is 0. The largest absolute Gasteiger partial charge is 0.219 e. The minimum Gasteiger partial charge on any atom is -0.219 e. The third-order valence-electron chi connectivity index (χ3n) is 1.85. The van der Waals surface area contributed by atoms with Crippen LogP contribution in [0.3, 0.4) is 0 Å². The summed E-state index contributed by atoms with van der Waals surface area (Å²) >= 11 is 0. The summed E-state index contributed by atoms with van der Waals surface area (Å²) in [6.45, 7) is 6.33. The minimum absolute atomic E-state index is 0.297. The Labute approximate surface area is 104 Å². The van der Waals surface area contributed by atoms with Gasteiger partial charge in [0, 0.05) is 5.41 Å². The molecule has 2 nitrogen and oxygen atoms in total. The molecule has 0 radical (unpaired) electrons. The van der Waals surface area contributed by atoms with Crippen molar-refractivity contribution >= 4 is 17.9 Å². The van der Waals surface area contributed by atoms with Crippen molar-refractivity contribution < 1.29 is 8.42 Å².